The summed E-state index contributed by atoms with van der Waals surface area (Å²) in [5, 5.41) is 8.85. The summed E-state index contributed by atoms with van der Waals surface area (Å²) in [6.07, 6.45) is 0.597. The summed E-state index contributed by atoms with van der Waals surface area (Å²) < 4.78 is 5.64. The topological polar surface area (TPSA) is 98.6 Å². The van der Waals surface area contributed by atoms with Gasteiger partial charge in [-0.3, -0.25) is 4.79 Å². The van der Waals surface area contributed by atoms with Gasteiger partial charge in [-0.2, -0.15) is 0 Å². The van der Waals surface area contributed by atoms with Crippen LogP contribution in [0, 0.1) is 0 Å². The third-order valence-electron chi connectivity index (χ3n) is 2.88. The molecule has 0 aromatic heterocycles. The van der Waals surface area contributed by atoms with Gasteiger partial charge < -0.3 is 21.3 Å². The Labute approximate surface area is 116 Å². The highest BCUT2D eigenvalue weighted by molar-refractivity contribution is 5.99. The monoisotopic (exact) mass is 272 g/mol. The van der Waals surface area contributed by atoms with Crippen LogP contribution in [-0.4, -0.2) is 17.6 Å². The van der Waals surface area contributed by atoms with E-state index in [-0.39, 0.29) is 17.9 Å². The number of primary amides is 1. The first kappa shape index (κ1) is 13.9. The largest absolute Gasteiger partial charge is 0.455 e. The van der Waals surface area contributed by atoms with E-state index in [2.05, 4.69) is 0 Å². The number of nitrogens with two attached hydrogens (primary N) is 2. The van der Waals surface area contributed by atoms with Crippen LogP contribution in [0.1, 0.15) is 15.9 Å². The van der Waals surface area contributed by atoms with E-state index in [9.17, 15) is 4.79 Å². The fourth-order valence-electron chi connectivity index (χ4n) is 1.83. The molecule has 0 heterocycles. The Balaban J connectivity index is 2.21. The lowest BCUT2D eigenvalue weighted by molar-refractivity contribution is 0.100. The SMILES string of the molecule is NC(=O)c1cccc(Oc2ccc(CCO)cc2)c1N. The molecule has 2 rings (SSSR count). The zero-order valence-corrected chi connectivity index (χ0v) is 10.9. The van der Waals surface area contributed by atoms with Gasteiger partial charge in [0, 0.05) is 6.61 Å². The Morgan fingerprint density at radius 1 is 1.15 bits per heavy atom. The van der Waals surface area contributed by atoms with E-state index in [4.69, 9.17) is 21.3 Å². The first-order chi connectivity index (χ1) is 9.61. The molecule has 2 aromatic carbocycles. The summed E-state index contributed by atoms with van der Waals surface area (Å²) in [5.41, 5.74) is 12.6. The molecule has 0 fully saturated rings. The number of amides is 1. The molecule has 2 aromatic rings. The molecule has 0 saturated heterocycles. The maximum absolute atomic E-state index is 11.2. The highest BCUT2D eigenvalue weighted by Crippen LogP contribution is 2.29. The van der Waals surface area contributed by atoms with E-state index in [0.717, 1.165) is 5.56 Å². The Bertz CT molecular complexity index is 609. The van der Waals surface area contributed by atoms with Gasteiger partial charge in [0.2, 0.25) is 0 Å². The molecule has 0 aliphatic rings. The number of rotatable bonds is 5. The molecule has 0 unspecified atom stereocenters. The average Bonchev–Trinajstić information content (AvgIpc) is 2.43. The van der Waals surface area contributed by atoms with Crippen LogP contribution in [0.2, 0.25) is 0 Å². The minimum Gasteiger partial charge on any atom is -0.455 e. The van der Waals surface area contributed by atoms with E-state index >= 15 is 0 Å². The number of aliphatic hydroxyl groups is 1. The van der Waals surface area contributed by atoms with Gasteiger partial charge in [-0.25, -0.2) is 0 Å². The van der Waals surface area contributed by atoms with E-state index < -0.39 is 5.91 Å². The van der Waals surface area contributed by atoms with Gasteiger partial charge in [0.1, 0.15) is 5.75 Å². The number of anilines is 1. The number of hydrogen-bond donors (Lipinski definition) is 3. The lowest BCUT2D eigenvalue weighted by Crippen LogP contribution is -2.13. The Hall–Kier alpha value is -2.53. The molecule has 5 N–H and O–H groups in total. The molecular weight excluding hydrogens is 256 g/mol. The number of carbonyl (C=O) groups excluding carboxylic acids is 1. The van der Waals surface area contributed by atoms with Crippen molar-refractivity contribution < 1.29 is 14.6 Å². The van der Waals surface area contributed by atoms with Gasteiger partial charge in [-0.05, 0) is 36.2 Å². The van der Waals surface area contributed by atoms with Gasteiger partial charge in [0.15, 0.2) is 5.75 Å². The van der Waals surface area contributed by atoms with Crippen LogP contribution in [0.4, 0.5) is 5.69 Å². The molecule has 1 amide bonds. The van der Waals surface area contributed by atoms with E-state index in [1.165, 1.54) is 0 Å². The number of hydrogen-bond acceptors (Lipinski definition) is 4. The summed E-state index contributed by atoms with van der Waals surface area (Å²) in [4.78, 5) is 11.2. The zero-order chi connectivity index (χ0) is 14.5. The molecule has 5 heteroatoms. The molecule has 5 nitrogen and oxygen atoms in total. The van der Waals surface area contributed by atoms with Crippen molar-refractivity contribution in [2.45, 2.75) is 6.42 Å². The molecule has 0 aliphatic carbocycles. The number of nitrogen functional groups attached to an aromatic ring is 1. The summed E-state index contributed by atoms with van der Waals surface area (Å²) in [7, 11) is 0. The summed E-state index contributed by atoms with van der Waals surface area (Å²) in [5.74, 6) is 0.391. The fourth-order valence-corrected chi connectivity index (χ4v) is 1.83. The molecule has 0 spiro atoms. The Morgan fingerprint density at radius 2 is 1.85 bits per heavy atom. The van der Waals surface area contributed by atoms with Crippen molar-refractivity contribution in [3.8, 4) is 11.5 Å². The van der Waals surface area contributed by atoms with Crippen molar-refractivity contribution in [1.29, 1.82) is 0 Å². The predicted molar refractivity (Wildman–Crippen MR) is 76.7 cm³/mol. The third-order valence-corrected chi connectivity index (χ3v) is 2.88. The first-order valence-corrected chi connectivity index (χ1v) is 6.17. The van der Waals surface area contributed by atoms with Gasteiger partial charge in [-0.15, -0.1) is 0 Å². The van der Waals surface area contributed by atoms with Gasteiger partial charge >= 0.3 is 0 Å². The smallest absolute Gasteiger partial charge is 0.250 e. The predicted octanol–water partition coefficient (Wildman–Crippen LogP) is 1.69. The van der Waals surface area contributed by atoms with Crippen LogP contribution in [-0.2, 0) is 6.42 Å². The Kier molecular flexibility index (Phi) is 4.22. The maximum atomic E-state index is 11.2. The quantitative estimate of drug-likeness (QED) is 0.721. The molecule has 0 atom stereocenters. The lowest BCUT2D eigenvalue weighted by atomic mass is 10.1. The number of aliphatic hydroxyl groups excluding tert-OH is 1. The molecule has 0 saturated carbocycles. The normalized spacial score (nSPS) is 10.2. The van der Waals surface area contributed by atoms with Crippen molar-refractivity contribution in [3.05, 3.63) is 53.6 Å². The van der Waals surface area contributed by atoms with Gasteiger partial charge in [-0.1, -0.05) is 18.2 Å². The maximum Gasteiger partial charge on any atom is 0.250 e. The van der Waals surface area contributed by atoms with Gasteiger partial charge in [0.25, 0.3) is 5.91 Å². The Morgan fingerprint density at radius 3 is 2.45 bits per heavy atom. The molecular formula is C15H16N2O3. The van der Waals surface area contributed by atoms with Crippen LogP contribution in [0.3, 0.4) is 0 Å². The minimum atomic E-state index is -0.591. The number of para-hydroxylation sites is 1. The second-order valence-corrected chi connectivity index (χ2v) is 4.30. The summed E-state index contributed by atoms with van der Waals surface area (Å²) in [6, 6.07) is 12.2. The number of ether oxygens (including phenoxy) is 1. The summed E-state index contributed by atoms with van der Waals surface area (Å²) >= 11 is 0. The average molecular weight is 272 g/mol. The third kappa shape index (κ3) is 3.07. The van der Waals surface area contributed by atoms with Crippen molar-refractivity contribution in [1.82, 2.24) is 0 Å². The number of benzene rings is 2. The number of carbonyl (C=O) groups is 1. The zero-order valence-electron chi connectivity index (χ0n) is 10.9. The molecule has 104 valence electrons. The highest BCUT2D eigenvalue weighted by Gasteiger charge is 2.10. The first-order valence-electron chi connectivity index (χ1n) is 6.17. The second kappa shape index (κ2) is 6.08. The molecule has 0 aliphatic heterocycles. The summed E-state index contributed by atoms with van der Waals surface area (Å²) in [6.45, 7) is 0.105. The van der Waals surface area contributed by atoms with Gasteiger partial charge in [0.05, 0.1) is 11.3 Å². The van der Waals surface area contributed by atoms with Crippen molar-refractivity contribution in [3.63, 3.8) is 0 Å². The molecule has 0 bridgehead atoms. The highest BCUT2D eigenvalue weighted by atomic mass is 16.5. The van der Waals surface area contributed by atoms with Crippen molar-refractivity contribution >= 4 is 11.6 Å². The molecule has 20 heavy (non-hydrogen) atoms. The van der Waals surface area contributed by atoms with E-state index in [1.807, 2.05) is 12.1 Å². The second-order valence-electron chi connectivity index (χ2n) is 4.30. The van der Waals surface area contributed by atoms with Crippen LogP contribution in [0.15, 0.2) is 42.5 Å². The van der Waals surface area contributed by atoms with Crippen molar-refractivity contribution in [2.75, 3.05) is 12.3 Å². The molecule has 0 radical (unpaired) electrons. The van der Waals surface area contributed by atoms with Crippen molar-refractivity contribution in [2.24, 2.45) is 5.73 Å². The van der Waals surface area contributed by atoms with E-state index in [0.29, 0.717) is 17.9 Å². The van der Waals surface area contributed by atoms with Crippen LogP contribution < -0.4 is 16.2 Å². The van der Waals surface area contributed by atoms with Crippen LogP contribution >= 0.6 is 0 Å². The standard InChI is InChI=1S/C15H16N2O3/c16-14-12(15(17)19)2-1-3-13(14)20-11-6-4-10(5-7-11)8-9-18/h1-7,18H,8-9,16H2,(H2,17,19). The fraction of sp³-hybridized carbons (Fsp3) is 0.133. The lowest BCUT2D eigenvalue weighted by Gasteiger charge is -2.11. The van der Waals surface area contributed by atoms with Crippen LogP contribution in [0.25, 0.3) is 0 Å². The van der Waals surface area contributed by atoms with Crippen LogP contribution in [0.5, 0.6) is 11.5 Å². The van der Waals surface area contributed by atoms with E-state index in [1.54, 1.807) is 30.3 Å². The minimum absolute atomic E-state index is 0.105.